The second-order valence-corrected chi connectivity index (χ2v) is 8.34. The van der Waals surface area contributed by atoms with Gasteiger partial charge >= 0.3 is 0 Å². The molecule has 8 bridgehead atoms. The Bertz CT molecular complexity index is 274. The van der Waals surface area contributed by atoms with E-state index in [0.29, 0.717) is 4.75 Å². The van der Waals surface area contributed by atoms with E-state index in [9.17, 15) is 0 Å². The van der Waals surface area contributed by atoms with Gasteiger partial charge in [-0.25, -0.2) is 0 Å². The van der Waals surface area contributed by atoms with Crippen LogP contribution in [0.5, 0.6) is 0 Å². The van der Waals surface area contributed by atoms with Crippen molar-refractivity contribution in [2.45, 2.75) is 43.3 Å². The van der Waals surface area contributed by atoms with Crippen molar-refractivity contribution in [1.82, 2.24) is 0 Å². The van der Waals surface area contributed by atoms with E-state index < -0.39 is 0 Å². The summed E-state index contributed by atoms with van der Waals surface area (Å²) in [7, 11) is 0. The Morgan fingerprint density at radius 1 is 0.667 bits per heavy atom. The normalized spacial score (nSPS) is 73.0. The van der Waals surface area contributed by atoms with Gasteiger partial charge in [-0.15, -0.1) is 0 Å². The number of hydrogen-bond donors (Lipinski definition) is 1. The fourth-order valence-electron chi connectivity index (χ4n) is 6.87. The fourth-order valence-corrected chi connectivity index (χ4v) is 7.50. The summed E-state index contributed by atoms with van der Waals surface area (Å²) in [6.07, 6.45) is 9.28. The molecule has 7 fully saturated rings. The van der Waals surface area contributed by atoms with Gasteiger partial charge in [0.15, 0.2) is 0 Å². The van der Waals surface area contributed by atoms with Gasteiger partial charge in [-0.2, -0.15) is 12.6 Å². The van der Waals surface area contributed by atoms with Crippen LogP contribution in [0.15, 0.2) is 0 Å². The number of rotatable bonds is 0. The largest absolute Gasteiger partial charge is 0.172 e. The topological polar surface area (TPSA) is 0 Å². The first-order chi connectivity index (χ1) is 7.23. The molecule has 0 atom stereocenters. The summed E-state index contributed by atoms with van der Waals surface area (Å²) in [5.74, 6) is 7.98. The molecular formula is C14H20S. The maximum atomic E-state index is 5.05. The Hall–Kier alpha value is 0.350. The first-order valence-electron chi connectivity index (χ1n) is 6.96. The minimum absolute atomic E-state index is 0.494. The Morgan fingerprint density at radius 2 is 1.07 bits per heavy atom. The molecule has 7 saturated carbocycles. The zero-order chi connectivity index (χ0) is 9.78. The highest BCUT2D eigenvalue weighted by Gasteiger charge is 2.66. The molecule has 15 heavy (non-hydrogen) atoms. The van der Waals surface area contributed by atoms with Crippen molar-refractivity contribution in [1.29, 1.82) is 0 Å². The van der Waals surface area contributed by atoms with Crippen molar-refractivity contribution in [3.05, 3.63) is 0 Å². The summed E-state index contributed by atoms with van der Waals surface area (Å²) in [6.45, 7) is 0. The molecule has 0 radical (unpaired) electrons. The summed E-state index contributed by atoms with van der Waals surface area (Å²) >= 11 is 5.05. The Morgan fingerprint density at radius 3 is 1.47 bits per heavy atom. The monoisotopic (exact) mass is 220 g/mol. The second-order valence-electron chi connectivity index (χ2n) is 7.39. The molecule has 0 aromatic heterocycles. The first-order valence-corrected chi connectivity index (χ1v) is 7.41. The van der Waals surface area contributed by atoms with Crippen molar-refractivity contribution in [3.63, 3.8) is 0 Å². The van der Waals surface area contributed by atoms with Crippen LogP contribution in [0.2, 0.25) is 0 Å². The van der Waals surface area contributed by atoms with Gasteiger partial charge in [-0.05, 0) is 80.0 Å². The Labute approximate surface area is 97.6 Å². The van der Waals surface area contributed by atoms with Crippen LogP contribution in [0.4, 0.5) is 0 Å². The van der Waals surface area contributed by atoms with E-state index in [0.717, 1.165) is 41.4 Å². The molecule has 0 N–H and O–H groups in total. The van der Waals surface area contributed by atoms with Crippen molar-refractivity contribution in [2.24, 2.45) is 41.4 Å². The maximum absolute atomic E-state index is 5.05. The van der Waals surface area contributed by atoms with Gasteiger partial charge in [-0.3, -0.25) is 0 Å². The molecule has 0 spiro atoms. The summed E-state index contributed by atoms with van der Waals surface area (Å²) in [4.78, 5) is 0. The van der Waals surface area contributed by atoms with Gasteiger partial charge in [0.25, 0.3) is 0 Å². The fraction of sp³-hybridized carbons (Fsp3) is 1.00. The predicted octanol–water partition coefficient (Wildman–Crippen LogP) is 3.38. The van der Waals surface area contributed by atoms with Crippen LogP contribution in [0.3, 0.4) is 0 Å². The molecule has 7 aliphatic rings. The van der Waals surface area contributed by atoms with Gasteiger partial charge in [0.1, 0.15) is 0 Å². The van der Waals surface area contributed by atoms with Crippen LogP contribution in [0.1, 0.15) is 38.5 Å². The molecule has 82 valence electrons. The third-order valence-electron chi connectivity index (χ3n) is 6.96. The summed E-state index contributed by atoms with van der Waals surface area (Å²) < 4.78 is 0.494. The van der Waals surface area contributed by atoms with Crippen LogP contribution in [0.25, 0.3) is 0 Å². The van der Waals surface area contributed by atoms with Gasteiger partial charge in [0, 0.05) is 4.75 Å². The van der Waals surface area contributed by atoms with E-state index in [4.69, 9.17) is 12.6 Å². The van der Waals surface area contributed by atoms with Gasteiger partial charge in [0.2, 0.25) is 0 Å². The summed E-state index contributed by atoms with van der Waals surface area (Å²) in [5, 5.41) is 0. The highest BCUT2D eigenvalue weighted by Crippen LogP contribution is 2.73. The van der Waals surface area contributed by atoms with Crippen molar-refractivity contribution in [3.8, 4) is 0 Å². The van der Waals surface area contributed by atoms with Crippen LogP contribution >= 0.6 is 12.6 Å². The molecule has 0 nitrogen and oxygen atoms in total. The average molecular weight is 220 g/mol. The van der Waals surface area contributed by atoms with Crippen LogP contribution in [0, 0.1) is 41.4 Å². The summed E-state index contributed by atoms with van der Waals surface area (Å²) in [6, 6.07) is 0. The minimum Gasteiger partial charge on any atom is -0.172 e. The average Bonchev–Trinajstić information content (AvgIpc) is 2.23. The minimum atomic E-state index is 0.494. The highest BCUT2D eigenvalue weighted by atomic mass is 32.1. The molecule has 0 aromatic rings. The van der Waals surface area contributed by atoms with E-state index in [2.05, 4.69) is 0 Å². The van der Waals surface area contributed by atoms with Gasteiger partial charge in [0.05, 0.1) is 0 Å². The lowest BCUT2D eigenvalue weighted by Crippen LogP contribution is -2.65. The Kier molecular flexibility index (Phi) is 1.29. The van der Waals surface area contributed by atoms with Gasteiger partial charge in [-0.1, -0.05) is 0 Å². The number of thiol groups is 1. The lowest BCUT2D eigenvalue weighted by Gasteiger charge is -2.71. The van der Waals surface area contributed by atoms with E-state index >= 15 is 0 Å². The standard InChI is InChI=1S/C14H20S/c15-14-4-11-8-1-7-2-9(11)13(6-14)10(3-7)12(8)5-14/h7-13,15H,1-6H2. The molecule has 0 saturated heterocycles. The van der Waals surface area contributed by atoms with Crippen molar-refractivity contribution >= 4 is 12.6 Å². The zero-order valence-corrected chi connectivity index (χ0v) is 10.1. The van der Waals surface area contributed by atoms with Crippen LogP contribution in [-0.4, -0.2) is 4.75 Å². The predicted molar refractivity (Wildman–Crippen MR) is 63.8 cm³/mol. The molecule has 7 aliphatic carbocycles. The maximum Gasteiger partial charge on any atom is 0.0138 e. The molecule has 0 heterocycles. The van der Waals surface area contributed by atoms with Gasteiger partial charge < -0.3 is 0 Å². The molecule has 0 unspecified atom stereocenters. The lowest BCUT2D eigenvalue weighted by atomic mass is 9.35. The molecule has 7 rings (SSSR count). The molecule has 0 aliphatic heterocycles. The molecular weight excluding hydrogens is 200 g/mol. The van der Waals surface area contributed by atoms with Crippen LogP contribution in [-0.2, 0) is 0 Å². The second kappa shape index (κ2) is 2.30. The molecule has 0 aromatic carbocycles. The number of hydrogen-bond acceptors (Lipinski definition) is 1. The lowest BCUT2D eigenvalue weighted by molar-refractivity contribution is -0.194. The highest BCUT2D eigenvalue weighted by molar-refractivity contribution is 7.81. The SMILES string of the molecule is SC12CC3C4CC5CC3C(C1)C(C5)C4C2. The summed E-state index contributed by atoms with van der Waals surface area (Å²) in [5.41, 5.74) is 0. The third-order valence-corrected chi connectivity index (χ3v) is 7.51. The van der Waals surface area contributed by atoms with E-state index in [1.807, 2.05) is 0 Å². The van der Waals surface area contributed by atoms with Crippen molar-refractivity contribution in [2.75, 3.05) is 0 Å². The first kappa shape index (κ1) is 8.44. The quantitative estimate of drug-likeness (QED) is 0.595. The zero-order valence-electron chi connectivity index (χ0n) is 9.23. The molecule has 0 amide bonds. The molecule has 1 heteroatoms. The van der Waals surface area contributed by atoms with E-state index in [1.54, 1.807) is 19.3 Å². The van der Waals surface area contributed by atoms with E-state index in [1.165, 1.54) is 19.3 Å². The van der Waals surface area contributed by atoms with Crippen LogP contribution < -0.4 is 0 Å². The third kappa shape index (κ3) is 0.830. The Balaban J connectivity index is 1.69. The smallest absolute Gasteiger partial charge is 0.0138 e. The van der Waals surface area contributed by atoms with Crippen molar-refractivity contribution < 1.29 is 0 Å². The van der Waals surface area contributed by atoms with E-state index in [-0.39, 0.29) is 0 Å².